The molecule has 82 valence electrons. The minimum Gasteiger partial charge on any atom is -0.446 e. The van der Waals surface area contributed by atoms with E-state index >= 15 is 0 Å². The molecule has 0 aromatic rings. The standard InChI is InChI=1S/C7H14N2O4S/c1-14(11,12)9-4-2-6(3-5-9)13-7(8)10/h6H,2-5H2,1H3,(H2,8,10). The topological polar surface area (TPSA) is 89.7 Å². The summed E-state index contributed by atoms with van der Waals surface area (Å²) in [6, 6.07) is 0. The van der Waals surface area contributed by atoms with Crippen LogP contribution >= 0.6 is 0 Å². The third-order valence-corrected chi connectivity index (χ3v) is 3.46. The molecular weight excluding hydrogens is 208 g/mol. The molecule has 1 rings (SSSR count). The van der Waals surface area contributed by atoms with Crippen LogP contribution in [0, 0.1) is 0 Å². The number of piperidine rings is 1. The Labute approximate surface area is 83.1 Å². The number of nitrogens with two attached hydrogens (primary N) is 1. The highest BCUT2D eigenvalue weighted by Gasteiger charge is 2.26. The first kappa shape index (κ1) is 11.3. The maximum atomic E-state index is 11.1. The van der Waals surface area contributed by atoms with Crippen molar-refractivity contribution in [1.82, 2.24) is 4.31 Å². The fourth-order valence-electron chi connectivity index (χ4n) is 1.45. The summed E-state index contributed by atoms with van der Waals surface area (Å²) in [6.45, 7) is 0.771. The molecule has 0 unspecified atom stereocenters. The van der Waals surface area contributed by atoms with Gasteiger partial charge in [0.05, 0.1) is 6.26 Å². The van der Waals surface area contributed by atoms with Crippen molar-refractivity contribution in [2.24, 2.45) is 5.73 Å². The fraction of sp³-hybridized carbons (Fsp3) is 0.857. The number of hydrogen-bond donors (Lipinski definition) is 1. The van der Waals surface area contributed by atoms with Crippen molar-refractivity contribution in [3.63, 3.8) is 0 Å². The number of hydrogen-bond acceptors (Lipinski definition) is 4. The molecule has 7 heteroatoms. The van der Waals surface area contributed by atoms with Crippen molar-refractivity contribution < 1.29 is 17.9 Å². The van der Waals surface area contributed by atoms with Crippen LogP contribution in [0.5, 0.6) is 0 Å². The predicted molar refractivity (Wildman–Crippen MR) is 50.1 cm³/mol. The van der Waals surface area contributed by atoms with E-state index in [1.165, 1.54) is 10.6 Å². The van der Waals surface area contributed by atoms with Crippen LogP contribution in [0.4, 0.5) is 4.79 Å². The van der Waals surface area contributed by atoms with Crippen molar-refractivity contribution in [3.8, 4) is 0 Å². The van der Waals surface area contributed by atoms with Crippen LogP contribution in [0.1, 0.15) is 12.8 Å². The third-order valence-electron chi connectivity index (χ3n) is 2.15. The lowest BCUT2D eigenvalue weighted by atomic mass is 10.1. The van der Waals surface area contributed by atoms with Crippen molar-refractivity contribution in [2.45, 2.75) is 18.9 Å². The number of carbonyl (C=O) groups excluding carboxylic acids is 1. The highest BCUT2D eigenvalue weighted by Crippen LogP contribution is 2.15. The lowest BCUT2D eigenvalue weighted by molar-refractivity contribution is 0.0742. The van der Waals surface area contributed by atoms with Gasteiger partial charge < -0.3 is 10.5 Å². The van der Waals surface area contributed by atoms with Crippen LogP contribution in [-0.2, 0) is 14.8 Å². The van der Waals surface area contributed by atoms with Crippen LogP contribution in [0.15, 0.2) is 0 Å². The molecule has 0 radical (unpaired) electrons. The molecule has 6 nitrogen and oxygen atoms in total. The van der Waals surface area contributed by atoms with E-state index < -0.39 is 16.1 Å². The Morgan fingerprint density at radius 1 is 1.43 bits per heavy atom. The summed E-state index contributed by atoms with van der Waals surface area (Å²) in [5.74, 6) is 0. The smallest absolute Gasteiger partial charge is 0.404 e. The van der Waals surface area contributed by atoms with Crippen LogP contribution < -0.4 is 5.73 Å². The Morgan fingerprint density at radius 2 is 1.93 bits per heavy atom. The van der Waals surface area contributed by atoms with Gasteiger partial charge in [0.25, 0.3) is 0 Å². The Bertz CT molecular complexity index is 306. The molecule has 0 bridgehead atoms. The molecule has 14 heavy (non-hydrogen) atoms. The SMILES string of the molecule is CS(=O)(=O)N1CCC(OC(N)=O)CC1. The zero-order valence-corrected chi connectivity index (χ0v) is 8.79. The molecule has 0 saturated carbocycles. The van der Waals surface area contributed by atoms with Gasteiger partial charge in [0.15, 0.2) is 0 Å². The zero-order chi connectivity index (χ0) is 10.8. The Hall–Kier alpha value is -0.820. The second-order valence-electron chi connectivity index (χ2n) is 3.30. The monoisotopic (exact) mass is 222 g/mol. The summed E-state index contributed by atoms with van der Waals surface area (Å²) in [6.07, 6.45) is 1.14. The molecule has 1 amide bonds. The predicted octanol–water partition coefficient (Wildman–Crippen LogP) is -0.494. The lowest BCUT2D eigenvalue weighted by Crippen LogP contribution is -2.41. The Morgan fingerprint density at radius 3 is 2.29 bits per heavy atom. The molecule has 1 aliphatic rings. The summed E-state index contributed by atoms with van der Waals surface area (Å²) in [4.78, 5) is 10.4. The molecule has 0 aliphatic carbocycles. The maximum Gasteiger partial charge on any atom is 0.404 e. The fourth-order valence-corrected chi connectivity index (χ4v) is 2.32. The molecule has 2 N–H and O–H groups in total. The second kappa shape index (κ2) is 4.14. The Kier molecular flexibility index (Phi) is 3.33. The van der Waals surface area contributed by atoms with E-state index in [2.05, 4.69) is 0 Å². The first-order valence-electron chi connectivity index (χ1n) is 4.31. The molecule has 1 saturated heterocycles. The number of nitrogens with zero attached hydrogens (tertiary/aromatic N) is 1. The van der Waals surface area contributed by atoms with E-state index in [1.54, 1.807) is 0 Å². The lowest BCUT2D eigenvalue weighted by Gasteiger charge is -2.29. The van der Waals surface area contributed by atoms with Gasteiger partial charge in [-0.25, -0.2) is 17.5 Å². The van der Waals surface area contributed by atoms with Crippen LogP contribution in [-0.4, -0.2) is 44.3 Å². The third kappa shape index (κ3) is 3.15. The molecule has 0 spiro atoms. The van der Waals surface area contributed by atoms with Crippen molar-refractivity contribution in [1.29, 1.82) is 0 Å². The van der Waals surface area contributed by atoms with Crippen molar-refractivity contribution in [3.05, 3.63) is 0 Å². The van der Waals surface area contributed by atoms with Crippen molar-refractivity contribution in [2.75, 3.05) is 19.3 Å². The van der Waals surface area contributed by atoms with Gasteiger partial charge in [-0.15, -0.1) is 0 Å². The van der Waals surface area contributed by atoms with Gasteiger partial charge in [0, 0.05) is 13.1 Å². The largest absolute Gasteiger partial charge is 0.446 e. The normalized spacial score (nSPS) is 20.6. The number of sulfonamides is 1. The molecule has 0 atom stereocenters. The summed E-state index contributed by atoms with van der Waals surface area (Å²) >= 11 is 0. The number of ether oxygens (including phenoxy) is 1. The zero-order valence-electron chi connectivity index (χ0n) is 7.97. The van der Waals surface area contributed by atoms with Gasteiger partial charge in [-0.05, 0) is 12.8 Å². The molecule has 1 fully saturated rings. The molecule has 0 aromatic heterocycles. The molecule has 1 heterocycles. The van der Waals surface area contributed by atoms with E-state index in [0.717, 1.165) is 0 Å². The first-order chi connectivity index (χ1) is 6.39. The van der Waals surface area contributed by atoms with Gasteiger partial charge in [0.2, 0.25) is 10.0 Å². The summed E-state index contributed by atoms with van der Waals surface area (Å²) in [7, 11) is -3.12. The summed E-state index contributed by atoms with van der Waals surface area (Å²) in [5, 5.41) is 0. The van der Waals surface area contributed by atoms with E-state index in [4.69, 9.17) is 10.5 Å². The van der Waals surface area contributed by atoms with Gasteiger partial charge in [-0.2, -0.15) is 0 Å². The van der Waals surface area contributed by atoms with Gasteiger partial charge in [0.1, 0.15) is 6.10 Å². The van der Waals surface area contributed by atoms with Crippen LogP contribution in [0.25, 0.3) is 0 Å². The van der Waals surface area contributed by atoms with E-state index in [-0.39, 0.29) is 6.10 Å². The second-order valence-corrected chi connectivity index (χ2v) is 5.28. The highest BCUT2D eigenvalue weighted by molar-refractivity contribution is 7.88. The summed E-state index contributed by atoms with van der Waals surface area (Å²) in [5.41, 5.74) is 4.85. The number of amides is 1. The number of carbonyl (C=O) groups is 1. The molecule has 0 aromatic carbocycles. The van der Waals surface area contributed by atoms with Crippen LogP contribution in [0.3, 0.4) is 0 Å². The molecule has 1 aliphatic heterocycles. The van der Waals surface area contributed by atoms with E-state index in [1.807, 2.05) is 0 Å². The van der Waals surface area contributed by atoms with E-state index in [9.17, 15) is 13.2 Å². The maximum absolute atomic E-state index is 11.1. The minimum atomic E-state index is -3.12. The van der Waals surface area contributed by atoms with Crippen molar-refractivity contribution >= 4 is 16.1 Å². The van der Waals surface area contributed by atoms with Gasteiger partial charge in [-0.1, -0.05) is 0 Å². The van der Waals surface area contributed by atoms with Gasteiger partial charge >= 0.3 is 6.09 Å². The van der Waals surface area contributed by atoms with E-state index in [0.29, 0.717) is 25.9 Å². The quantitative estimate of drug-likeness (QED) is 0.682. The minimum absolute atomic E-state index is 0.245. The first-order valence-corrected chi connectivity index (χ1v) is 6.15. The van der Waals surface area contributed by atoms with Gasteiger partial charge in [-0.3, -0.25) is 0 Å². The highest BCUT2D eigenvalue weighted by atomic mass is 32.2. The number of rotatable bonds is 2. The average Bonchev–Trinajstić information content (AvgIpc) is 2.02. The summed E-state index contributed by atoms with van der Waals surface area (Å²) < 4.78 is 28.4. The van der Waals surface area contributed by atoms with Crippen LogP contribution in [0.2, 0.25) is 0 Å². The average molecular weight is 222 g/mol. The molecular formula is C7H14N2O4S. The Balaban J connectivity index is 2.43. The number of primary amides is 1.